The molecule has 2 saturated carbocycles. The Morgan fingerprint density at radius 1 is 1.11 bits per heavy atom. The van der Waals surface area contributed by atoms with Crippen molar-refractivity contribution >= 4 is 23.5 Å². The standard InChI is InChI=1S/C13H20ClN5/c1-2-15-12-16-11(14)17-13(18-12)19(7-9-3-4-9)8-10-5-6-10/h9-10H,2-8H2,1H3,(H,15,16,17,18). The monoisotopic (exact) mass is 281 g/mol. The summed E-state index contributed by atoms with van der Waals surface area (Å²) in [6.07, 6.45) is 5.33. The van der Waals surface area contributed by atoms with E-state index >= 15 is 0 Å². The summed E-state index contributed by atoms with van der Waals surface area (Å²) >= 11 is 6.01. The smallest absolute Gasteiger partial charge is 0.231 e. The van der Waals surface area contributed by atoms with Crippen molar-refractivity contribution in [3.8, 4) is 0 Å². The highest BCUT2D eigenvalue weighted by Gasteiger charge is 2.30. The number of halogens is 1. The number of nitrogens with zero attached hydrogens (tertiary/aromatic N) is 4. The van der Waals surface area contributed by atoms with Crippen molar-refractivity contribution in [2.75, 3.05) is 29.9 Å². The predicted molar refractivity (Wildman–Crippen MR) is 76.7 cm³/mol. The molecule has 0 spiro atoms. The summed E-state index contributed by atoms with van der Waals surface area (Å²) in [6, 6.07) is 0. The molecule has 0 saturated heterocycles. The highest BCUT2D eigenvalue weighted by molar-refractivity contribution is 6.28. The van der Waals surface area contributed by atoms with Crippen LogP contribution >= 0.6 is 11.6 Å². The molecule has 1 aromatic rings. The van der Waals surface area contributed by atoms with Gasteiger partial charge in [-0.05, 0) is 56.0 Å². The molecule has 1 N–H and O–H groups in total. The first kappa shape index (κ1) is 12.9. The van der Waals surface area contributed by atoms with Crippen LogP contribution in [0.15, 0.2) is 0 Å². The van der Waals surface area contributed by atoms with Gasteiger partial charge in [0.15, 0.2) is 0 Å². The van der Waals surface area contributed by atoms with E-state index in [1.54, 1.807) is 0 Å². The minimum atomic E-state index is 0.276. The highest BCUT2D eigenvalue weighted by Crippen LogP contribution is 2.35. The van der Waals surface area contributed by atoms with Crippen molar-refractivity contribution in [3.63, 3.8) is 0 Å². The van der Waals surface area contributed by atoms with Crippen molar-refractivity contribution in [2.24, 2.45) is 11.8 Å². The van der Waals surface area contributed by atoms with Gasteiger partial charge in [0.05, 0.1) is 0 Å². The largest absolute Gasteiger partial charge is 0.354 e. The SMILES string of the molecule is CCNc1nc(Cl)nc(N(CC2CC2)CC2CC2)n1. The molecule has 6 heteroatoms. The van der Waals surface area contributed by atoms with E-state index in [4.69, 9.17) is 11.6 Å². The van der Waals surface area contributed by atoms with Crippen molar-refractivity contribution in [2.45, 2.75) is 32.6 Å². The molecular weight excluding hydrogens is 262 g/mol. The van der Waals surface area contributed by atoms with Crippen LogP contribution in [0, 0.1) is 11.8 Å². The quantitative estimate of drug-likeness (QED) is 0.832. The van der Waals surface area contributed by atoms with Crippen LogP contribution in [0.1, 0.15) is 32.6 Å². The Morgan fingerprint density at radius 2 is 1.74 bits per heavy atom. The maximum absolute atomic E-state index is 6.01. The topological polar surface area (TPSA) is 53.9 Å². The summed E-state index contributed by atoms with van der Waals surface area (Å²) < 4.78 is 0. The fourth-order valence-corrected chi connectivity index (χ4v) is 2.34. The lowest BCUT2D eigenvalue weighted by Crippen LogP contribution is -2.30. The van der Waals surface area contributed by atoms with Gasteiger partial charge in [-0.2, -0.15) is 15.0 Å². The predicted octanol–water partition coefficient (Wildman–Crippen LogP) is 2.58. The van der Waals surface area contributed by atoms with E-state index in [9.17, 15) is 0 Å². The van der Waals surface area contributed by atoms with Crippen LogP contribution in [0.5, 0.6) is 0 Å². The Kier molecular flexibility index (Phi) is 3.73. The van der Waals surface area contributed by atoms with Crippen LogP contribution in [0.4, 0.5) is 11.9 Å². The first-order valence-electron chi connectivity index (χ1n) is 7.15. The van der Waals surface area contributed by atoms with E-state index in [-0.39, 0.29) is 5.28 Å². The van der Waals surface area contributed by atoms with E-state index in [2.05, 4.69) is 25.2 Å². The molecule has 0 atom stereocenters. The summed E-state index contributed by atoms with van der Waals surface area (Å²) in [5.41, 5.74) is 0. The second kappa shape index (κ2) is 5.49. The van der Waals surface area contributed by atoms with Crippen LogP contribution in [0.2, 0.25) is 5.28 Å². The zero-order valence-corrected chi connectivity index (χ0v) is 12.0. The molecule has 0 amide bonds. The third kappa shape index (κ3) is 3.69. The van der Waals surface area contributed by atoms with Crippen LogP contribution < -0.4 is 10.2 Å². The van der Waals surface area contributed by atoms with Crippen molar-refractivity contribution in [3.05, 3.63) is 5.28 Å². The Bertz CT molecular complexity index is 431. The summed E-state index contributed by atoms with van der Waals surface area (Å²) in [7, 11) is 0. The Morgan fingerprint density at radius 3 is 2.26 bits per heavy atom. The molecular formula is C13H20ClN5. The molecule has 2 aliphatic rings. The average molecular weight is 282 g/mol. The molecule has 2 aliphatic carbocycles. The lowest BCUT2D eigenvalue weighted by molar-refractivity contribution is 0.660. The number of hydrogen-bond donors (Lipinski definition) is 1. The molecule has 1 aromatic heterocycles. The van der Waals surface area contributed by atoms with E-state index in [1.165, 1.54) is 25.7 Å². The first-order chi connectivity index (χ1) is 9.24. The third-order valence-electron chi connectivity index (χ3n) is 3.57. The van der Waals surface area contributed by atoms with Gasteiger partial charge in [-0.25, -0.2) is 0 Å². The number of aromatic nitrogens is 3. The number of rotatable bonds is 7. The van der Waals surface area contributed by atoms with Gasteiger partial charge in [0.2, 0.25) is 17.2 Å². The Labute approximate surface area is 118 Å². The second-order valence-corrected chi connectivity index (χ2v) is 5.89. The molecule has 0 aliphatic heterocycles. The van der Waals surface area contributed by atoms with Gasteiger partial charge < -0.3 is 10.2 Å². The molecule has 2 fully saturated rings. The molecule has 104 valence electrons. The summed E-state index contributed by atoms with van der Waals surface area (Å²) in [6.45, 7) is 4.92. The van der Waals surface area contributed by atoms with Gasteiger partial charge in [-0.3, -0.25) is 0 Å². The lowest BCUT2D eigenvalue weighted by atomic mass is 10.3. The molecule has 0 bridgehead atoms. The van der Waals surface area contributed by atoms with E-state index in [0.717, 1.165) is 37.4 Å². The van der Waals surface area contributed by atoms with Crippen LogP contribution in [0.3, 0.4) is 0 Å². The average Bonchev–Trinajstić information content (AvgIpc) is 3.22. The molecule has 0 unspecified atom stereocenters. The van der Waals surface area contributed by atoms with Crippen molar-refractivity contribution < 1.29 is 0 Å². The third-order valence-corrected chi connectivity index (χ3v) is 3.73. The molecule has 5 nitrogen and oxygen atoms in total. The van der Waals surface area contributed by atoms with Crippen molar-refractivity contribution in [1.82, 2.24) is 15.0 Å². The zero-order valence-electron chi connectivity index (χ0n) is 11.3. The first-order valence-corrected chi connectivity index (χ1v) is 7.52. The Hall–Kier alpha value is -1.10. The second-order valence-electron chi connectivity index (χ2n) is 5.55. The van der Waals surface area contributed by atoms with Gasteiger partial charge >= 0.3 is 0 Å². The number of hydrogen-bond acceptors (Lipinski definition) is 5. The van der Waals surface area contributed by atoms with Crippen LogP contribution in [-0.4, -0.2) is 34.6 Å². The van der Waals surface area contributed by atoms with E-state index < -0.39 is 0 Å². The fourth-order valence-electron chi connectivity index (χ4n) is 2.18. The highest BCUT2D eigenvalue weighted by atomic mass is 35.5. The van der Waals surface area contributed by atoms with E-state index in [0.29, 0.717) is 5.95 Å². The van der Waals surface area contributed by atoms with Crippen LogP contribution in [0.25, 0.3) is 0 Å². The summed E-state index contributed by atoms with van der Waals surface area (Å²) in [5, 5.41) is 3.38. The minimum Gasteiger partial charge on any atom is -0.354 e. The maximum atomic E-state index is 6.01. The summed E-state index contributed by atoms with van der Waals surface area (Å²) in [4.78, 5) is 15.2. The lowest BCUT2D eigenvalue weighted by Gasteiger charge is -2.22. The molecule has 0 radical (unpaired) electrons. The molecule has 19 heavy (non-hydrogen) atoms. The van der Waals surface area contributed by atoms with Gasteiger partial charge in [0.1, 0.15) is 0 Å². The van der Waals surface area contributed by atoms with Crippen molar-refractivity contribution in [1.29, 1.82) is 0 Å². The van der Waals surface area contributed by atoms with Gasteiger partial charge in [-0.15, -0.1) is 0 Å². The number of anilines is 2. The molecule has 0 aromatic carbocycles. The van der Waals surface area contributed by atoms with Gasteiger partial charge in [0, 0.05) is 19.6 Å². The fraction of sp³-hybridized carbons (Fsp3) is 0.769. The molecule has 1 heterocycles. The maximum Gasteiger partial charge on any atom is 0.231 e. The minimum absolute atomic E-state index is 0.276. The zero-order chi connectivity index (χ0) is 13.2. The summed E-state index contributed by atoms with van der Waals surface area (Å²) in [5.74, 6) is 2.94. The number of nitrogens with one attached hydrogen (secondary N) is 1. The van der Waals surface area contributed by atoms with E-state index in [1.807, 2.05) is 6.92 Å². The van der Waals surface area contributed by atoms with Gasteiger partial charge in [0.25, 0.3) is 0 Å². The van der Waals surface area contributed by atoms with Gasteiger partial charge in [-0.1, -0.05) is 0 Å². The Balaban J connectivity index is 1.77. The molecule has 3 rings (SSSR count). The normalized spacial score (nSPS) is 18.4. The van der Waals surface area contributed by atoms with Crippen LogP contribution in [-0.2, 0) is 0 Å².